The molecule has 0 spiro atoms. The molecule has 0 aromatic rings. The fourth-order valence-corrected chi connectivity index (χ4v) is 9.32. The molecule has 170 valence electrons. The Morgan fingerprint density at radius 3 is 2.40 bits per heavy atom. The largest absolute Gasteiger partial charge is 0.469 e. The SMILES string of the molecule is CC[C@H]1C(=O)[C@@H]2[C@H](CC[C@]3(C)[C@@H]([C@H](C)CC(=O)OC)CC[C@@H]23)[C@@]2(C)CC[C@@H](C)C[C@@H]12. The highest BCUT2D eigenvalue weighted by molar-refractivity contribution is 5.86. The summed E-state index contributed by atoms with van der Waals surface area (Å²) in [5.74, 6) is 4.40. The average molecular weight is 417 g/mol. The Bertz CT molecular complexity index is 686. The maximum absolute atomic E-state index is 14.0. The summed E-state index contributed by atoms with van der Waals surface area (Å²) in [5.41, 5.74) is 0.552. The highest BCUT2D eigenvalue weighted by Gasteiger charge is 2.64. The van der Waals surface area contributed by atoms with Gasteiger partial charge >= 0.3 is 5.97 Å². The fourth-order valence-electron chi connectivity index (χ4n) is 9.32. The molecule has 0 bridgehead atoms. The molecule has 3 nitrogen and oxygen atoms in total. The van der Waals surface area contributed by atoms with E-state index in [-0.39, 0.29) is 23.2 Å². The summed E-state index contributed by atoms with van der Waals surface area (Å²) >= 11 is 0. The zero-order valence-electron chi connectivity index (χ0n) is 20.2. The highest BCUT2D eigenvalue weighted by atomic mass is 16.5. The van der Waals surface area contributed by atoms with Crippen LogP contribution in [0.15, 0.2) is 0 Å². The number of Topliss-reactive ketones (excluding diaryl/α,β-unsaturated/α-hetero) is 1. The van der Waals surface area contributed by atoms with Gasteiger partial charge in [-0.3, -0.25) is 9.59 Å². The Labute approximate surface area is 184 Å². The van der Waals surface area contributed by atoms with E-state index in [0.717, 1.165) is 12.3 Å². The number of carbonyl (C=O) groups excluding carboxylic acids is 2. The molecule has 4 saturated carbocycles. The molecule has 0 saturated heterocycles. The summed E-state index contributed by atoms with van der Waals surface area (Å²) in [6, 6.07) is 0. The monoisotopic (exact) mass is 416 g/mol. The topological polar surface area (TPSA) is 43.4 Å². The van der Waals surface area contributed by atoms with Crippen LogP contribution in [0.3, 0.4) is 0 Å². The van der Waals surface area contributed by atoms with Gasteiger partial charge in [0, 0.05) is 18.3 Å². The van der Waals surface area contributed by atoms with Gasteiger partial charge < -0.3 is 4.74 Å². The molecule has 4 rings (SSSR count). The minimum absolute atomic E-state index is 0.0882. The van der Waals surface area contributed by atoms with E-state index in [2.05, 4.69) is 34.6 Å². The van der Waals surface area contributed by atoms with Crippen LogP contribution in [0.4, 0.5) is 0 Å². The minimum atomic E-state index is -0.0882. The standard InChI is InChI=1S/C27H44O3/c1-7-18-22-14-16(2)10-12-27(22,5)21-11-13-26(4)19(17(3)15-23(28)30-6)8-9-20(26)24(21)25(18)29/h16-22,24H,7-15H2,1-6H3/t16-,17-,18-,19-,20+,21+,22+,24+,26-,27-/m1/s1. The highest BCUT2D eigenvalue weighted by Crippen LogP contribution is 2.69. The Morgan fingerprint density at radius 2 is 1.73 bits per heavy atom. The van der Waals surface area contributed by atoms with Crippen LogP contribution in [-0.4, -0.2) is 18.9 Å². The van der Waals surface area contributed by atoms with Crippen LogP contribution in [0.5, 0.6) is 0 Å². The van der Waals surface area contributed by atoms with Crippen LogP contribution >= 0.6 is 0 Å². The van der Waals surface area contributed by atoms with Crippen molar-refractivity contribution < 1.29 is 14.3 Å². The van der Waals surface area contributed by atoms with E-state index in [0.29, 0.717) is 47.2 Å². The zero-order chi connectivity index (χ0) is 21.8. The second-order valence-corrected chi connectivity index (χ2v) is 12.1. The van der Waals surface area contributed by atoms with E-state index in [1.54, 1.807) is 0 Å². The van der Waals surface area contributed by atoms with Crippen molar-refractivity contribution in [2.75, 3.05) is 7.11 Å². The lowest BCUT2D eigenvalue weighted by atomic mass is 9.41. The van der Waals surface area contributed by atoms with Crippen molar-refractivity contribution in [3.05, 3.63) is 0 Å². The van der Waals surface area contributed by atoms with Crippen LogP contribution in [-0.2, 0) is 14.3 Å². The molecule has 0 amide bonds. The normalized spacial score (nSPS) is 49.0. The van der Waals surface area contributed by atoms with Crippen molar-refractivity contribution >= 4 is 11.8 Å². The molecule has 0 N–H and O–H groups in total. The first kappa shape index (κ1) is 22.3. The van der Waals surface area contributed by atoms with Gasteiger partial charge in [-0.2, -0.15) is 0 Å². The molecule has 30 heavy (non-hydrogen) atoms. The summed E-state index contributed by atoms with van der Waals surface area (Å²) < 4.78 is 4.97. The maximum atomic E-state index is 14.0. The number of fused-ring (bicyclic) bond motifs is 5. The minimum Gasteiger partial charge on any atom is -0.469 e. The first-order chi connectivity index (χ1) is 14.2. The predicted octanol–water partition coefficient (Wildman–Crippen LogP) is 6.30. The van der Waals surface area contributed by atoms with Crippen LogP contribution in [0.1, 0.15) is 92.4 Å². The van der Waals surface area contributed by atoms with Crippen LogP contribution in [0, 0.1) is 58.2 Å². The van der Waals surface area contributed by atoms with E-state index in [1.165, 1.54) is 52.1 Å². The van der Waals surface area contributed by atoms with E-state index in [9.17, 15) is 9.59 Å². The number of carbonyl (C=O) groups is 2. The van der Waals surface area contributed by atoms with Gasteiger partial charge in [-0.25, -0.2) is 0 Å². The Morgan fingerprint density at radius 1 is 1.07 bits per heavy atom. The molecule has 0 aromatic heterocycles. The lowest BCUT2D eigenvalue weighted by Gasteiger charge is -2.62. The first-order valence-corrected chi connectivity index (χ1v) is 12.8. The van der Waals surface area contributed by atoms with E-state index in [1.807, 2.05) is 0 Å². The summed E-state index contributed by atoms with van der Waals surface area (Å²) in [4.78, 5) is 26.0. The number of ketones is 1. The lowest BCUT2D eigenvalue weighted by molar-refractivity contribution is -0.170. The summed E-state index contributed by atoms with van der Waals surface area (Å²) in [6.45, 7) is 11.9. The van der Waals surface area contributed by atoms with Crippen molar-refractivity contribution in [2.24, 2.45) is 58.2 Å². The van der Waals surface area contributed by atoms with Crippen molar-refractivity contribution in [3.8, 4) is 0 Å². The lowest BCUT2D eigenvalue weighted by Crippen LogP contribution is -2.60. The van der Waals surface area contributed by atoms with Crippen molar-refractivity contribution in [1.29, 1.82) is 0 Å². The van der Waals surface area contributed by atoms with Crippen molar-refractivity contribution in [2.45, 2.75) is 92.4 Å². The molecule has 3 heteroatoms. The van der Waals surface area contributed by atoms with Crippen molar-refractivity contribution in [1.82, 2.24) is 0 Å². The third-order valence-electron chi connectivity index (χ3n) is 10.9. The summed E-state index contributed by atoms with van der Waals surface area (Å²) in [7, 11) is 1.49. The van der Waals surface area contributed by atoms with Gasteiger partial charge in [0.2, 0.25) is 0 Å². The molecule has 0 unspecified atom stereocenters. The predicted molar refractivity (Wildman–Crippen MR) is 120 cm³/mol. The number of hydrogen-bond donors (Lipinski definition) is 0. The molecule has 0 radical (unpaired) electrons. The molecule has 0 aliphatic heterocycles. The molecule has 4 fully saturated rings. The van der Waals surface area contributed by atoms with Gasteiger partial charge in [-0.05, 0) is 91.3 Å². The molecule has 0 aromatic carbocycles. The average Bonchev–Trinajstić information content (AvgIpc) is 3.06. The Balaban J connectivity index is 1.64. The molecular formula is C27H44O3. The fraction of sp³-hybridized carbons (Fsp3) is 0.926. The summed E-state index contributed by atoms with van der Waals surface area (Å²) in [5, 5.41) is 0. The van der Waals surface area contributed by atoms with Crippen LogP contribution in [0.2, 0.25) is 0 Å². The molecular weight excluding hydrogens is 372 g/mol. The van der Waals surface area contributed by atoms with Crippen LogP contribution < -0.4 is 0 Å². The Hall–Kier alpha value is -0.860. The molecule has 4 aliphatic rings. The zero-order valence-corrected chi connectivity index (χ0v) is 20.2. The van der Waals surface area contributed by atoms with Gasteiger partial charge in [-0.15, -0.1) is 0 Å². The maximum Gasteiger partial charge on any atom is 0.305 e. The first-order valence-electron chi connectivity index (χ1n) is 12.8. The number of esters is 1. The van der Waals surface area contributed by atoms with Crippen LogP contribution in [0.25, 0.3) is 0 Å². The number of rotatable bonds is 4. The summed E-state index contributed by atoms with van der Waals surface area (Å²) in [6.07, 6.45) is 10.2. The Kier molecular flexibility index (Phi) is 5.90. The van der Waals surface area contributed by atoms with Gasteiger partial charge in [0.15, 0.2) is 0 Å². The van der Waals surface area contributed by atoms with E-state index in [4.69, 9.17) is 4.74 Å². The van der Waals surface area contributed by atoms with Gasteiger partial charge in [0.25, 0.3) is 0 Å². The number of hydrogen-bond acceptors (Lipinski definition) is 3. The van der Waals surface area contributed by atoms with Gasteiger partial charge in [-0.1, -0.05) is 41.0 Å². The van der Waals surface area contributed by atoms with Gasteiger partial charge in [0.1, 0.15) is 5.78 Å². The van der Waals surface area contributed by atoms with E-state index < -0.39 is 0 Å². The molecule has 10 atom stereocenters. The van der Waals surface area contributed by atoms with E-state index >= 15 is 0 Å². The number of ether oxygens (including phenoxy) is 1. The third kappa shape index (κ3) is 3.20. The molecule has 4 aliphatic carbocycles. The smallest absolute Gasteiger partial charge is 0.305 e. The molecule has 0 heterocycles. The second-order valence-electron chi connectivity index (χ2n) is 12.1. The number of methoxy groups -OCH3 is 1. The third-order valence-corrected chi connectivity index (χ3v) is 10.9. The quantitative estimate of drug-likeness (QED) is 0.505. The van der Waals surface area contributed by atoms with Gasteiger partial charge in [0.05, 0.1) is 7.11 Å². The van der Waals surface area contributed by atoms with Crippen molar-refractivity contribution in [3.63, 3.8) is 0 Å². The second kappa shape index (κ2) is 7.93.